The van der Waals surface area contributed by atoms with Gasteiger partial charge in [0.25, 0.3) is 0 Å². The SMILES string of the molecule is CN(CC1CCCCO1)C(=O)Oc1ccc2c(c1)C(C)(C)CN2Cc1ccccc1. The number of fused-ring (bicyclic) bond motifs is 1. The van der Waals surface area contributed by atoms with Crippen molar-refractivity contribution in [2.45, 2.75) is 51.2 Å². The van der Waals surface area contributed by atoms with Gasteiger partial charge < -0.3 is 19.3 Å². The molecule has 2 aliphatic heterocycles. The second-order valence-electron chi connectivity index (χ2n) is 9.14. The summed E-state index contributed by atoms with van der Waals surface area (Å²) in [5.41, 5.74) is 3.73. The summed E-state index contributed by atoms with van der Waals surface area (Å²) in [6.07, 6.45) is 3.05. The van der Waals surface area contributed by atoms with Gasteiger partial charge in [0.2, 0.25) is 0 Å². The van der Waals surface area contributed by atoms with Crippen LogP contribution in [-0.2, 0) is 16.7 Å². The lowest BCUT2D eigenvalue weighted by atomic mass is 9.87. The molecule has 0 aliphatic carbocycles. The Labute approximate surface area is 179 Å². The van der Waals surface area contributed by atoms with Crippen molar-refractivity contribution >= 4 is 11.8 Å². The van der Waals surface area contributed by atoms with Gasteiger partial charge in [0.15, 0.2) is 0 Å². The second kappa shape index (κ2) is 8.68. The molecule has 1 fully saturated rings. The van der Waals surface area contributed by atoms with Gasteiger partial charge in [-0.05, 0) is 48.6 Å². The van der Waals surface area contributed by atoms with E-state index in [1.807, 2.05) is 18.2 Å². The van der Waals surface area contributed by atoms with Gasteiger partial charge in [0.05, 0.1) is 6.10 Å². The van der Waals surface area contributed by atoms with E-state index in [0.717, 1.165) is 39.0 Å². The van der Waals surface area contributed by atoms with Gasteiger partial charge in [0, 0.05) is 44.4 Å². The van der Waals surface area contributed by atoms with Crippen LogP contribution in [0, 0.1) is 0 Å². The van der Waals surface area contributed by atoms with Crippen LogP contribution >= 0.6 is 0 Å². The van der Waals surface area contributed by atoms with Crippen molar-refractivity contribution in [3.05, 3.63) is 59.7 Å². The van der Waals surface area contributed by atoms with Crippen molar-refractivity contribution in [2.24, 2.45) is 0 Å². The van der Waals surface area contributed by atoms with Gasteiger partial charge in [-0.2, -0.15) is 0 Å². The zero-order valence-electron chi connectivity index (χ0n) is 18.3. The fraction of sp³-hybridized carbons (Fsp3) is 0.480. The number of anilines is 1. The lowest BCUT2D eigenvalue weighted by Crippen LogP contribution is -2.38. The van der Waals surface area contributed by atoms with Gasteiger partial charge in [-0.25, -0.2) is 4.79 Å². The molecule has 30 heavy (non-hydrogen) atoms. The Bertz CT molecular complexity index is 875. The average molecular weight is 409 g/mol. The molecule has 2 aromatic carbocycles. The van der Waals surface area contributed by atoms with E-state index in [1.54, 1.807) is 11.9 Å². The summed E-state index contributed by atoms with van der Waals surface area (Å²) < 4.78 is 11.4. The largest absolute Gasteiger partial charge is 0.415 e. The summed E-state index contributed by atoms with van der Waals surface area (Å²) in [5, 5.41) is 0. The smallest absolute Gasteiger partial charge is 0.410 e. The van der Waals surface area contributed by atoms with E-state index in [4.69, 9.17) is 9.47 Å². The summed E-state index contributed by atoms with van der Waals surface area (Å²) in [4.78, 5) is 16.6. The normalized spacial score (nSPS) is 20.0. The number of nitrogens with zero attached hydrogens (tertiary/aromatic N) is 2. The molecule has 2 aliphatic rings. The van der Waals surface area contributed by atoms with Crippen LogP contribution in [-0.4, -0.2) is 43.8 Å². The Morgan fingerprint density at radius 2 is 2.00 bits per heavy atom. The van der Waals surface area contributed by atoms with E-state index in [1.165, 1.54) is 16.8 Å². The Morgan fingerprint density at radius 3 is 2.73 bits per heavy atom. The fourth-order valence-corrected chi connectivity index (χ4v) is 4.50. The Morgan fingerprint density at radius 1 is 1.20 bits per heavy atom. The third kappa shape index (κ3) is 4.62. The zero-order valence-corrected chi connectivity index (χ0v) is 18.3. The van der Waals surface area contributed by atoms with E-state index in [0.29, 0.717) is 12.3 Å². The van der Waals surface area contributed by atoms with Gasteiger partial charge in [-0.1, -0.05) is 44.2 Å². The third-order valence-corrected chi connectivity index (χ3v) is 6.11. The predicted molar refractivity (Wildman–Crippen MR) is 119 cm³/mol. The number of amides is 1. The highest BCUT2D eigenvalue weighted by molar-refractivity contribution is 5.72. The minimum atomic E-state index is -0.332. The van der Waals surface area contributed by atoms with Crippen LogP contribution in [0.1, 0.15) is 44.2 Å². The predicted octanol–water partition coefficient (Wildman–Crippen LogP) is 4.98. The number of benzene rings is 2. The molecule has 0 N–H and O–H groups in total. The number of carbonyl (C=O) groups is 1. The molecule has 4 rings (SSSR count). The minimum Gasteiger partial charge on any atom is -0.410 e. The summed E-state index contributed by atoms with van der Waals surface area (Å²) in [6.45, 7) is 7.66. The van der Waals surface area contributed by atoms with Gasteiger partial charge >= 0.3 is 6.09 Å². The molecular formula is C25H32N2O3. The van der Waals surface area contributed by atoms with E-state index in [2.05, 4.69) is 49.1 Å². The van der Waals surface area contributed by atoms with Crippen LogP contribution in [0.15, 0.2) is 48.5 Å². The summed E-state index contributed by atoms with van der Waals surface area (Å²) in [5.74, 6) is 0.602. The molecule has 0 bridgehead atoms. The first-order valence-electron chi connectivity index (χ1n) is 10.9. The minimum absolute atomic E-state index is 0.00558. The molecule has 1 atom stereocenters. The first-order valence-corrected chi connectivity index (χ1v) is 10.9. The molecular weight excluding hydrogens is 376 g/mol. The molecule has 5 nitrogen and oxygen atoms in total. The molecule has 0 spiro atoms. The highest BCUT2D eigenvalue weighted by Crippen LogP contribution is 2.42. The number of hydrogen-bond acceptors (Lipinski definition) is 4. The monoisotopic (exact) mass is 408 g/mol. The summed E-state index contributed by atoms with van der Waals surface area (Å²) in [7, 11) is 1.78. The molecule has 0 aromatic heterocycles. The fourth-order valence-electron chi connectivity index (χ4n) is 4.50. The Balaban J connectivity index is 1.44. The molecule has 1 saturated heterocycles. The molecule has 0 saturated carbocycles. The molecule has 1 unspecified atom stereocenters. The lowest BCUT2D eigenvalue weighted by Gasteiger charge is -2.27. The molecule has 0 radical (unpaired) electrons. The molecule has 1 amide bonds. The van der Waals surface area contributed by atoms with E-state index in [-0.39, 0.29) is 17.6 Å². The Hall–Kier alpha value is -2.53. The van der Waals surface area contributed by atoms with Crippen molar-refractivity contribution < 1.29 is 14.3 Å². The van der Waals surface area contributed by atoms with Gasteiger partial charge in [-0.15, -0.1) is 0 Å². The topological polar surface area (TPSA) is 42.0 Å². The van der Waals surface area contributed by atoms with Crippen molar-refractivity contribution in [3.63, 3.8) is 0 Å². The van der Waals surface area contributed by atoms with Crippen LogP contribution in [0.3, 0.4) is 0 Å². The van der Waals surface area contributed by atoms with Crippen LogP contribution in [0.2, 0.25) is 0 Å². The van der Waals surface area contributed by atoms with Gasteiger partial charge in [-0.3, -0.25) is 0 Å². The maximum absolute atomic E-state index is 12.6. The lowest BCUT2D eigenvalue weighted by molar-refractivity contribution is 0.00110. The maximum atomic E-state index is 12.6. The number of likely N-dealkylation sites (N-methyl/N-ethyl adjacent to an activating group) is 1. The highest BCUT2D eigenvalue weighted by Gasteiger charge is 2.35. The summed E-state index contributed by atoms with van der Waals surface area (Å²) >= 11 is 0. The average Bonchev–Trinajstić information content (AvgIpc) is 2.99. The number of rotatable bonds is 5. The molecule has 2 aromatic rings. The van der Waals surface area contributed by atoms with Crippen molar-refractivity contribution in [3.8, 4) is 5.75 Å². The van der Waals surface area contributed by atoms with Crippen LogP contribution in [0.5, 0.6) is 5.75 Å². The summed E-state index contributed by atoms with van der Waals surface area (Å²) in [6, 6.07) is 16.5. The van der Waals surface area contributed by atoms with E-state index < -0.39 is 0 Å². The van der Waals surface area contributed by atoms with E-state index >= 15 is 0 Å². The molecule has 160 valence electrons. The number of hydrogen-bond donors (Lipinski definition) is 0. The quantitative estimate of drug-likeness (QED) is 0.699. The standard InChI is InChI=1S/C25H32N2O3/c1-25(2)18-27(16-19-9-5-4-6-10-19)23-13-12-20(15-22(23)25)30-24(28)26(3)17-21-11-7-8-14-29-21/h4-6,9-10,12-13,15,21H,7-8,11,14,16-18H2,1-3H3. The van der Waals surface area contributed by atoms with Gasteiger partial charge in [0.1, 0.15) is 5.75 Å². The molecule has 2 heterocycles. The zero-order chi connectivity index (χ0) is 21.1. The highest BCUT2D eigenvalue weighted by atomic mass is 16.6. The van der Waals surface area contributed by atoms with Crippen molar-refractivity contribution in [1.82, 2.24) is 4.90 Å². The second-order valence-corrected chi connectivity index (χ2v) is 9.14. The van der Waals surface area contributed by atoms with Crippen LogP contribution < -0.4 is 9.64 Å². The van der Waals surface area contributed by atoms with E-state index in [9.17, 15) is 4.79 Å². The first-order chi connectivity index (χ1) is 14.4. The number of carbonyl (C=O) groups excluding carboxylic acids is 1. The third-order valence-electron chi connectivity index (χ3n) is 6.11. The number of ether oxygens (including phenoxy) is 2. The first kappa shape index (κ1) is 20.7. The maximum Gasteiger partial charge on any atom is 0.415 e. The molecule has 5 heteroatoms. The van der Waals surface area contributed by atoms with Crippen molar-refractivity contribution in [2.75, 3.05) is 31.6 Å². The van der Waals surface area contributed by atoms with Crippen LogP contribution in [0.4, 0.5) is 10.5 Å². The van der Waals surface area contributed by atoms with Crippen LogP contribution in [0.25, 0.3) is 0 Å². The Kier molecular flexibility index (Phi) is 6.00. The van der Waals surface area contributed by atoms with Crippen molar-refractivity contribution in [1.29, 1.82) is 0 Å².